The molecule has 0 radical (unpaired) electrons. The summed E-state index contributed by atoms with van der Waals surface area (Å²) in [5.41, 5.74) is 2.44. The second-order valence-electron chi connectivity index (χ2n) is 5.42. The van der Waals surface area contributed by atoms with Gasteiger partial charge in [0.1, 0.15) is 10.6 Å². The zero-order valence-electron chi connectivity index (χ0n) is 13.5. The first kappa shape index (κ1) is 17.0. The quantitative estimate of drug-likeness (QED) is 0.871. The number of hydrogen-bond acceptors (Lipinski definition) is 4. The van der Waals surface area contributed by atoms with Gasteiger partial charge in [0.15, 0.2) is 0 Å². The summed E-state index contributed by atoms with van der Waals surface area (Å²) in [4.78, 5) is 11.2. The highest BCUT2D eigenvalue weighted by molar-refractivity contribution is 7.87. The van der Waals surface area contributed by atoms with Gasteiger partial charge in [-0.05, 0) is 49.6 Å². The van der Waals surface area contributed by atoms with Gasteiger partial charge < -0.3 is 9.50 Å². The molecule has 23 heavy (non-hydrogen) atoms. The Balaban J connectivity index is 2.45. The lowest BCUT2D eigenvalue weighted by Crippen LogP contribution is -2.14. The first-order valence-corrected chi connectivity index (χ1v) is 8.50. The van der Waals surface area contributed by atoms with E-state index >= 15 is 0 Å². The van der Waals surface area contributed by atoms with Crippen molar-refractivity contribution in [1.82, 2.24) is 0 Å². The summed E-state index contributed by atoms with van der Waals surface area (Å²) >= 11 is 0. The van der Waals surface area contributed by atoms with E-state index in [1.165, 1.54) is 13.0 Å². The fourth-order valence-electron chi connectivity index (χ4n) is 2.24. The van der Waals surface area contributed by atoms with Crippen LogP contribution in [0.15, 0.2) is 41.3 Å². The van der Waals surface area contributed by atoms with Crippen LogP contribution in [0.4, 0.5) is 5.69 Å². The van der Waals surface area contributed by atoms with Crippen LogP contribution >= 0.6 is 0 Å². The molecule has 2 aromatic rings. The number of carbonyl (C=O) groups excluding carboxylic acids is 1. The van der Waals surface area contributed by atoms with Crippen LogP contribution in [0.25, 0.3) is 0 Å². The third-order valence-electron chi connectivity index (χ3n) is 3.38. The third kappa shape index (κ3) is 3.90. The maximum absolute atomic E-state index is 12.6. The highest BCUT2D eigenvalue weighted by Gasteiger charge is 2.22. The largest absolute Gasteiger partial charge is 0.378 e. The number of aryl methyl sites for hydroxylation is 3. The van der Waals surface area contributed by atoms with E-state index in [-0.39, 0.29) is 10.8 Å². The van der Waals surface area contributed by atoms with Crippen LogP contribution in [0.5, 0.6) is 5.75 Å². The number of nitrogens with one attached hydrogen (secondary N) is 1. The Morgan fingerprint density at radius 3 is 2.17 bits per heavy atom. The molecule has 0 unspecified atom stereocenters. The van der Waals surface area contributed by atoms with Crippen molar-refractivity contribution in [2.24, 2.45) is 0 Å². The van der Waals surface area contributed by atoms with Crippen molar-refractivity contribution in [3.05, 3.63) is 53.1 Å². The van der Waals surface area contributed by atoms with E-state index in [0.717, 1.165) is 11.1 Å². The highest BCUT2D eigenvalue weighted by Crippen LogP contribution is 2.28. The number of carbonyl (C=O) groups is 1. The molecule has 0 aromatic heterocycles. The zero-order valence-corrected chi connectivity index (χ0v) is 14.3. The lowest BCUT2D eigenvalue weighted by molar-refractivity contribution is -0.114. The summed E-state index contributed by atoms with van der Waals surface area (Å²) in [5.74, 6) is 0.0599. The van der Waals surface area contributed by atoms with E-state index in [0.29, 0.717) is 17.0 Å². The van der Waals surface area contributed by atoms with Gasteiger partial charge in [-0.25, -0.2) is 0 Å². The van der Waals surface area contributed by atoms with Gasteiger partial charge in [0.2, 0.25) is 5.91 Å². The van der Waals surface area contributed by atoms with E-state index < -0.39 is 10.1 Å². The Labute approximate surface area is 136 Å². The molecule has 0 saturated heterocycles. The summed E-state index contributed by atoms with van der Waals surface area (Å²) in [7, 11) is -4.00. The number of rotatable bonds is 4. The van der Waals surface area contributed by atoms with E-state index in [4.69, 9.17) is 4.18 Å². The molecule has 0 spiro atoms. The molecule has 1 amide bonds. The average Bonchev–Trinajstić information content (AvgIpc) is 2.44. The van der Waals surface area contributed by atoms with Gasteiger partial charge in [0.25, 0.3) is 0 Å². The molecule has 2 rings (SSSR count). The molecule has 122 valence electrons. The average molecular weight is 333 g/mol. The highest BCUT2D eigenvalue weighted by atomic mass is 32.2. The van der Waals surface area contributed by atoms with Crippen molar-refractivity contribution in [2.75, 3.05) is 5.32 Å². The van der Waals surface area contributed by atoms with Crippen LogP contribution in [0.1, 0.15) is 23.6 Å². The number of para-hydroxylation sites is 1. The monoisotopic (exact) mass is 333 g/mol. The summed E-state index contributed by atoms with van der Waals surface area (Å²) < 4.78 is 30.6. The SMILES string of the molecule is CC(=O)Nc1ccc(C)c(S(=O)(=O)Oc2c(C)cccc2C)c1. The molecule has 5 nitrogen and oxygen atoms in total. The molecule has 0 heterocycles. The molecule has 0 aliphatic rings. The van der Waals surface area contributed by atoms with Gasteiger partial charge in [-0.15, -0.1) is 0 Å². The number of hydrogen-bond donors (Lipinski definition) is 1. The van der Waals surface area contributed by atoms with Crippen molar-refractivity contribution < 1.29 is 17.4 Å². The Bertz CT molecular complexity index is 837. The molecule has 6 heteroatoms. The van der Waals surface area contributed by atoms with Crippen LogP contribution in [-0.2, 0) is 14.9 Å². The molecule has 1 N–H and O–H groups in total. The first-order chi connectivity index (χ1) is 10.7. The molecular formula is C17H19NO4S. The number of amides is 1. The predicted octanol–water partition coefficient (Wildman–Crippen LogP) is 3.34. The third-order valence-corrected chi connectivity index (χ3v) is 4.74. The fourth-order valence-corrected chi connectivity index (χ4v) is 3.54. The van der Waals surface area contributed by atoms with Crippen molar-refractivity contribution in [3.63, 3.8) is 0 Å². The van der Waals surface area contributed by atoms with Crippen LogP contribution < -0.4 is 9.50 Å². The Kier molecular flexibility index (Phi) is 4.75. The number of anilines is 1. The normalized spacial score (nSPS) is 11.1. The number of benzene rings is 2. The standard InChI is InChI=1S/C17H19NO4S/c1-11-8-9-15(18-14(4)19)10-16(11)23(20,21)22-17-12(2)6-5-7-13(17)3/h5-10H,1-4H3,(H,18,19). The van der Waals surface area contributed by atoms with Crippen LogP contribution in [0, 0.1) is 20.8 Å². The maximum atomic E-state index is 12.6. The smallest absolute Gasteiger partial charge is 0.339 e. The van der Waals surface area contributed by atoms with Crippen molar-refractivity contribution in [1.29, 1.82) is 0 Å². The van der Waals surface area contributed by atoms with Crippen molar-refractivity contribution in [2.45, 2.75) is 32.6 Å². The predicted molar refractivity (Wildman–Crippen MR) is 89.2 cm³/mol. The topological polar surface area (TPSA) is 72.5 Å². The van der Waals surface area contributed by atoms with Gasteiger partial charge in [-0.1, -0.05) is 24.3 Å². The van der Waals surface area contributed by atoms with Gasteiger partial charge in [-0.2, -0.15) is 8.42 Å². The molecule has 0 aliphatic heterocycles. The van der Waals surface area contributed by atoms with Crippen LogP contribution in [0.2, 0.25) is 0 Å². The molecule has 0 fully saturated rings. The van der Waals surface area contributed by atoms with Crippen molar-refractivity contribution in [3.8, 4) is 5.75 Å². The minimum Gasteiger partial charge on any atom is -0.378 e. The molecule has 0 bridgehead atoms. The van der Waals surface area contributed by atoms with Crippen LogP contribution in [-0.4, -0.2) is 14.3 Å². The molecular weight excluding hydrogens is 314 g/mol. The lowest BCUT2D eigenvalue weighted by atomic mass is 10.1. The Hall–Kier alpha value is -2.34. The van der Waals surface area contributed by atoms with Gasteiger partial charge in [0.05, 0.1) is 0 Å². The fraction of sp³-hybridized carbons (Fsp3) is 0.235. The van der Waals surface area contributed by atoms with Gasteiger partial charge >= 0.3 is 10.1 Å². The molecule has 0 atom stereocenters. The first-order valence-electron chi connectivity index (χ1n) is 7.09. The van der Waals surface area contributed by atoms with Crippen LogP contribution in [0.3, 0.4) is 0 Å². The Morgan fingerprint density at radius 1 is 1.00 bits per heavy atom. The molecule has 0 aliphatic carbocycles. The maximum Gasteiger partial charge on any atom is 0.339 e. The molecule has 0 saturated carbocycles. The minimum absolute atomic E-state index is 0.0337. The Morgan fingerprint density at radius 2 is 1.61 bits per heavy atom. The van der Waals surface area contributed by atoms with E-state index in [2.05, 4.69) is 5.32 Å². The lowest BCUT2D eigenvalue weighted by Gasteiger charge is -2.14. The van der Waals surface area contributed by atoms with Crippen molar-refractivity contribution >= 4 is 21.7 Å². The second kappa shape index (κ2) is 6.42. The summed E-state index contributed by atoms with van der Waals surface area (Å²) in [5, 5.41) is 2.57. The summed E-state index contributed by atoms with van der Waals surface area (Å²) in [6, 6.07) is 10.1. The van der Waals surface area contributed by atoms with E-state index in [9.17, 15) is 13.2 Å². The summed E-state index contributed by atoms with van der Waals surface area (Å²) in [6.45, 7) is 6.62. The van der Waals surface area contributed by atoms with Gasteiger partial charge in [-0.3, -0.25) is 4.79 Å². The molecule has 2 aromatic carbocycles. The van der Waals surface area contributed by atoms with Gasteiger partial charge in [0, 0.05) is 12.6 Å². The zero-order chi connectivity index (χ0) is 17.2. The summed E-state index contributed by atoms with van der Waals surface area (Å²) in [6.07, 6.45) is 0. The second-order valence-corrected chi connectivity index (χ2v) is 6.93. The van der Waals surface area contributed by atoms with E-state index in [1.54, 1.807) is 45.0 Å². The van der Waals surface area contributed by atoms with E-state index in [1.807, 2.05) is 6.07 Å². The minimum atomic E-state index is -4.00.